The summed E-state index contributed by atoms with van der Waals surface area (Å²) >= 11 is 12.1. The second-order valence-electron chi connectivity index (χ2n) is 8.37. The van der Waals surface area contributed by atoms with E-state index in [0.717, 1.165) is 32.2 Å². The highest BCUT2D eigenvalue weighted by atomic mass is 35.5. The van der Waals surface area contributed by atoms with E-state index in [4.69, 9.17) is 27.9 Å². The lowest BCUT2D eigenvalue weighted by Crippen LogP contribution is -2.45. The van der Waals surface area contributed by atoms with E-state index in [-0.39, 0.29) is 34.9 Å². The number of hydrogen-bond acceptors (Lipinski definition) is 6. The largest absolute Gasteiger partial charge is 0.456 e. The lowest BCUT2D eigenvalue weighted by atomic mass is 10.2. The zero-order chi connectivity index (χ0) is 23.6. The molecule has 0 saturated carbocycles. The molecule has 0 aliphatic carbocycles. The van der Waals surface area contributed by atoms with Gasteiger partial charge in [0.2, 0.25) is 10.0 Å². The summed E-state index contributed by atoms with van der Waals surface area (Å²) in [4.78, 5) is 2.11. The number of ether oxygens (including phenoxy) is 1. The number of hydrogen-bond donors (Lipinski definition) is 1. The molecular weight excluding hydrogens is 485 g/mol. The van der Waals surface area contributed by atoms with Crippen molar-refractivity contribution in [1.82, 2.24) is 9.21 Å². The normalized spacial score (nSPS) is 21.9. The topological polar surface area (TPSA) is 93.9 Å². The number of rotatable bonds is 7. The van der Waals surface area contributed by atoms with Gasteiger partial charge in [0, 0.05) is 35.2 Å². The van der Waals surface area contributed by atoms with Crippen molar-refractivity contribution >= 4 is 33.2 Å². The predicted octanol–water partition coefficient (Wildman–Crippen LogP) is 4.27. The van der Waals surface area contributed by atoms with Gasteiger partial charge >= 0.3 is 0 Å². The Morgan fingerprint density at radius 3 is 2.45 bits per heavy atom. The number of nitrogens with zero attached hydrogens (tertiary/aromatic N) is 3. The van der Waals surface area contributed by atoms with E-state index >= 15 is 0 Å². The van der Waals surface area contributed by atoms with Crippen LogP contribution < -0.4 is 4.74 Å². The summed E-state index contributed by atoms with van der Waals surface area (Å²) in [5.41, 5.74) is 0.223. The van der Waals surface area contributed by atoms with Gasteiger partial charge < -0.3 is 9.84 Å². The van der Waals surface area contributed by atoms with E-state index in [9.17, 15) is 18.8 Å². The summed E-state index contributed by atoms with van der Waals surface area (Å²) in [5.74, 6) is 0.405. The predicted molar refractivity (Wildman–Crippen MR) is 126 cm³/mol. The third-order valence-electron chi connectivity index (χ3n) is 6.20. The first-order valence-corrected chi connectivity index (χ1v) is 13.1. The molecule has 0 radical (unpaired) electrons. The van der Waals surface area contributed by atoms with E-state index in [1.54, 1.807) is 18.2 Å². The van der Waals surface area contributed by atoms with E-state index in [1.165, 1.54) is 22.5 Å². The third-order valence-corrected chi connectivity index (χ3v) is 8.61. The Morgan fingerprint density at radius 1 is 1.06 bits per heavy atom. The fourth-order valence-corrected chi connectivity index (χ4v) is 6.96. The van der Waals surface area contributed by atoms with Crippen LogP contribution in [0, 0.1) is 11.3 Å². The zero-order valence-electron chi connectivity index (χ0n) is 18.0. The fourth-order valence-electron chi connectivity index (χ4n) is 4.63. The van der Waals surface area contributed by atoms with E-state index < -0.39 is 10.0 Å². The Balaban J connectivity index is 1.66. The highest BCUT2D eigenvalue weighted by molar-refractivity contribution is 7.89. The number of nitriles is 1. The lowest BCUT2D eigenvalue weighted by molar-refractivity contribution is 0.140. The zero-order valence-corrected chi connectivity index (χ0v) is 20.3. The summed E-state index contributed by atoms with van der Waals surface area (Å²) in [6.07, 6.45) is 3.40. The first-order valence-electron chi connectivity index (χ1n) is 10.9. The number of likely N-dealkylation sites (tertiary alicyclic amines) is 1. The number of aliphatic hydroxyl groups excluding tert-OH is 1. The van der Waals surface area contributed by atoms with Crippen LogP contribution in [0.15, 0.2) is 41.3 Å². The molecule has 2 aromatic rings. The molecule has 2 saturated heterocycles. The Labute approximate surface area is 204 Å². The van der Waals surface area contributed by atoms with Crippen LogP contribution in [0.25, 0.3) is 0 Å². The Bertz CT molecular complexity index is 1150. The number of aliphatic hydroxyl groups is 1. The Kier molecular flexibility index (Phi) is 7.49. The Morgan fingerprint density at radius 2 is 1.76 bits per heavy atom. The molecule has 0 aromatic heterocycles. The van der Waals surface area contributed by atoms with Gasteiger partial charge in [0.05, 0.1) is 18.2 Å². The molecule has 2 atom stereocenters. The second kappa shape index (κ2) is 10.2. The number of halogens is 2. The van der Waals surface area contributed by atoms with Crippen molar-refractivity contribution in [3.05, 3.63) is 52.0 Å². The molecule has 176 valence electrons. The Hall–Kier alpha value is -1.86. The maximum atomic E-state index is 13.8. The minimum atomic E-state index is -3.96. The molecular formula is C23H25Cl2N3O4S. The van der Waals surface area contributed by atoms with Crippen LogP contribution in [0.5, 0.6) is 11.5 Å². The quantitative estimate of drug-likeness (QED) is 0.598. The third kappa shape index (κ3) is 5.29. The molecule has 2 aliphatic rings. The first kappa shape index (κ1) is 24.3. The molecule has 2 aromatic carbocycles. The van der Waals surface area contributed by atoms with Crippen molar-refractivity contribution in [3.8, 4) is 17.6 Å². The van der Waals surface area contributed by atoms with Gasteiger partial charge in [-0.05, 0) is 68.6 Å². The van der Waals surface area contributed by atoms with Crippen molar-refractivity contribution in [3.63, 3.8) is 0 Å². The SMILES string of the molecule is N#Cc1ccc(Oc2cc(Cl)cc(Cl)c2)c(S(=O)(=O)N2CCCC2CN2CCC[C@H]2CO)c1. The standard InChI is InChI=1S/C23H25Cl2N3O4S/c24-17-10-18(25)12-21(11-17)32-22-6-5-16(13-26)9-23(22)33(30,31)28-8-2-3-19(28)14-27-7-1-4-20(27)15-29/h5-6,9-12,19-20,29H,1-4,7-8,14-15H2/t19?,20-/m0/s1. The minimum Gasteiger partial charge on any atom is -0.456 e. The molecule has 0 amide bonds. The monoisotopic (exact) mass is 509 g/mol. The molecule has 1 unspecified atom stereocenters. The molecule has 7 nitrogen and oxygen atoms in total. The van der Waals surface area contributed by atoms with Crippen LogP contribution in [0.2, 0.25) is 10.0 Å². The van der Waals surface area contributed by atoms with Gasteiger partial charge in [0.25, 0.3) is 0 Å². The van der Waals surface area contributed by atoms with Gasteiger partial charge in [0.15, 0.2) is 0 Å². The molecule has 0 bridgehead atoms. The van der Waals surface area contributed by atoms with Crippen LogP contribution in [-0.2, 0) is 10.0 Å². The lowest BCUT2D eigenvalue weighted by Gasteiger charge is -2.31. The van der Waals surface area contributed by atoms with Gasteiger partial charge in [-0.3, -0.25) is 4.90 Å². The van der Waals surface area contributed by atoms with Crippen molar-refractivity contribution in [2.45, 2.75) is 42.7 Å². The molecule has 4 rings (SSSR count). The molecule has 2 heterocycles. The average molecular weight is 510 g/mol. The number of sulfonamides is 1. The molecule has 2 aliphatic heterocycles. The summed E-state index contributed by atoms with van der Waals surface area (Å²) in [6.45, 7) is 1.89. The maximum absolute atomic E-state index is 13.8. The summed E-state index contributed by atoms with van der Waals surface area (Å²) in [5, 5.41) is 19.7. The second-order valence-corrected chi connectivity index (χ2v) is 11.1. The van der Waals surface area contributed by atoms with E-state index in [1.807, 2.05) is 6.07 Å². The van der Waals surface area contributed by atoms with E-state index in [0.29, 0.717) is 28.9 Å². The van der Waals surface area contributed by atoms with Crippen molar-refractivity contribution < 1.29 is 18.3 Å². The van der Waals surface area contributed by atoms with Crippen LogP contribution in [0.1, 0.15) is 31.2 Å². The summed E-state index contributed by atoms with van der Waals surface area (Å²) in [6, 6.07) is 10.9. The van der Waals surface area contributed by atoms with Gasteiger partial charge in [0.1, 0.15) is 16.4 Å². The van der Waals surface area contributed by atoms with Crippen LogP contribution in [0.3, 0.4) is 0 Å². The van der Waals surface area contributed by atoms with Gasteiger partial charge in [-0.2, -0.15) is 9.57 Å². The molecule has 33 heavy (non-hydrogen) atoms. The average Bonchev–Trinajstić information content (AvgIpc) is 3.43. The maximum Gasteiger partial charge on any atom is 0.247 e. The van der Waals surface area contributed by atoms with Crippen molar-refractivity contribution in [2.75, 3.05) is 26.2 Å². The van der Waals surface area contributed by atoms with Crippen LogP contribution >= 0.6 is 23.2 Å². The first-order chi connectivity index (χ1) is 15.8. The summed E-state index contributed by atoms with van der Waals surface area (Å²) in [7, 11) is -3.96. The highest BCUT2D eigenvalue weighted by Gasteiger charge is 2.39. The van der Waals surface area contributed by atoms with Crippen LogP contribution in [0.4, 0.5) is 0 Å². The molecule has 10 heteroatoms. The molecule has 2 fully saturated rings. The fraction of sp³-hybridized carbons (Fsp3) is 0.435. The van der Waals surface area contributed by atoms with Gasteiger partial charge in [-0.15, -0.1) is 0 Å². The molecule has 0 spiro atoms. The molecule has 1 N–H and O–H groups in total. The van der Waals surface area contributed by atoms with Crippen molar-refractivity contribution in [1.29, 1.82) is 5.26 Å². The summed E-state index contributed by atoms with van der Waals surface area (Å²) < 4.78 is 35.0. The number of benzene rings is 2. The smallest absolute Gasteiger partial charge is 0.247 e. The van der Waals surface area contributed by atoms with Gasteiger partial charge in [-0.25, -0.2) is 8.42 Å². The highest BCUT2D eigenvalue weighted by Crippen LogP contribution is 2.36. The van der Waals surface area contributed by atoms with Crippen molar-refractivity contribution in [2.24, 2.45) is 0 Å². The van der Waals surface area contributed by atoms with Crippen LogP contribution in [-0.4, -0.2) is 61.1 Å². The minimum absolute atomic E-state index is 0.0651. The van der Waals surface area contributed by atoms with E-state index in [2.05, 4.69) is 4.90 Å². The van der Waals surface area contributed by atoms with Gasteiger partial charge in [-0.1, -0.05) is 23.2 Å².